The molecule has 4 rings (SSSR count). The Kier molecular flexibility index (Phi) is 6.80. The van der Waals surface area contributed by atoms with E-state index >= 15 is 0 Å². The topological polar surface area (TPSA) is 53.4 Å². The summed E-state index contributed by atoms with van der Waals surface area (Å²) in [6.45, 7) is 4.05. The van der Waals surface area contributed by atoms with Crippen molar-refractivity contribution in [1.29, 1.82) is 0 Å². The number of pyridine rings is 1. The zero-order chi connectivity index (χ0) is 20.8. The Balaban J connectivity index is 1.55. The second kappa shape index (κ2) is 9.90. The van der Waals surface area contributed by atoms with Gasteiger partial charge in [0.2, 0.25) is 0 Å². The lowest BCUT2D eigenvalue weighted by molar-refractivity contribution is 0.0520. The Morgan fingerprint density at radius 2 is 1.90 bits per heavy atom. The molecule has 0 N–H and O–H groups in total. The molecule has 5 nitrogen and oxygen atoms in total. The lowest BCUT2D eigenvalue weighted by Gasteiger charge is -2.21. The number of esters is 1. The van der Waals surface area contributed by atoms with Crippen molar-refractivity contribution in [2.75, 3.05) is 13.2 Å². The van der Waals surface area contributed by atoms with Crippen molar-refractivity contribution in [3.8, 4) is 0 Å². The third kappa shape index (κ3) is 4.73. The number of hydrogen-bond donors (Lipinski definition) is 0. The normalized spacial score (nSPS) is 14.8. The predicted molar refractivity (Wildman–Crippen MR) is 118 cm³/mol. The van der Waals surface area contributed by atoms with Gasteiger partial charge in [-0.05, 0) is 48.9 Å². The van der Waals surface area contributed by atoms with Gasteiger partial charge in [0, 0.05) is 18.1 Å². The second-order valence-electron chi connectivity index (χ2n) is 7.94. The highest BCUT2D eigenvalue weighted by atomic mass is 16.5. The fourth-order valence-electron chi connectivity index (χ4n) is 4.35. The zero-order valence-electron chi connectivity index (χ0n) is 17.7. The van der Waals surface area contributed by atoms with Crippen LogP contribution >= 0.6 is 0 Å². The smallest absolute Gasteiger partial charge is 0.356 e. The van der Waals surface area contributed by atoms with Crippen LogP contribution in [0.25, 0.3) is 11.0 Å². The monoisotopic (exact) mass is 406 g/mol. The highest BCUT2D eigenvalue weighted by molar-refractivity contribution is 5.91. The van der Waals surface area contributed by atoms with E-state index in [1.54, 1.807) is 6.07 Å². The first-order valence-corrected chi connectivity index (χ1v) is 11.0. The van der Waals surface area contributed by atoms with Crippen LogP contribution in [0.1, 0.15) is 66.6 Å². The van der Waals surface area contributed by atoms with Crippen LogP contribution in [0.15, 0.2) is 48.7 Å². The van der Waals surface area contributed by atoms with Gasteiger partial charge < -0.3 is 14.0 Å². The highest BCUT2D eigenvalue weighted by Gasteiger charge is 2.22. The van der Waals surface area contributed by atoms with Crippen LogP contribution in [-0.4, -0.2) is 28.7 Å². The van der Waals surface area contributed by atoms with Gasteiger partial charge in [0.15, 0.2) is 5.69 Å². The van der Waals surface area contributed by atoms with Gasteiger partial charge in [-0.3, -0.25) is 0 Å². The van der Waals surface area contributed by atoms with Crippen molar-refractivity contribution in [2.45, 2.75) is 58.1 Å². The van der Waals surface area contributed by atoms with Crippen LogP contribution in [0.5, 0.6) is 0 Å². The first-order chi connectivity index (χ1) is 14.8. The first-order valence-electron chi connectivity index (χ1n) is 11.0. The Labute approximate surface area is 178 Å². The average molecular weight is 407 g/mol. The van der Waals surface area contributed by atoms with Gasteiger partial charge >= 0.3 is 5.97 Å². The van der Waals surface area contributed by atoms with E-state index in [1.807, 2.05) is 31.2 Å². The number of carbonyl (C=O) groups excluding carboxylic acids is 1. The van der Waals surface area contributed by atoms with Gasteiger partial charge in [0.05, 0.1) is 19.8 Å². The van der Waals surface area contributed by atoms with Gasteiger partial charge in [0.1, 0.15) is 5.65 Å². The maximum atomic E-state index is 12.2. The lowest BCUT2D eigenvalue weighted by Crippen LogP contribution is -2.09. The summed E-state index contributed by atoms with van der Waals surface area (Å²) in [5.74, 6) is 0.203. The molecule has 0 spiro atoms. The Morgan fingerprint density at radius 1 is 1.10 bits per heavy atom. The van der Waals surface area contributed by atoms with Gasteiger partial charge in [-0.1, -0.05) is 49.6 Å². The van der Waals surface area contributed by atoms with Crippen molar-refractivity contribution in [3.63, 3.8) is 0 Å². The summed E-state index contributed by atoms with van der Waals surface area (Å²) >= 11 is 0. The summed E-state index contributed by atoms with van der Waals surface area (Å²) in [6, 6.07) is 14.0. The Hall–Kier alpha value is -2.66. The van der Waals surface area contributed by atoms with Crippen LogP contribution in [0.4, 0.5) is 0 Å². The summed E-state index contributed by atoms with van der Waals surface area (Å²) in [7, 11) is 0. The molecule has 3 aromatic rings. The largest absolute Gasteiger partial charge is 0.461 e. The molecule has 1 aliphatic carbocycles. The SMILES string of the molecule is CCOC(=O)c1ccc2c(C3CCCCC3)cn(CCOCc3ccccc3)c2n1. The van der Waals surface area contributed by atoms with E-state index < -0.39 is 0 Å². The molecule has 0 unspecified atom stereocenters. The number of nitrogens with zero attached hydrogens (tertiary/aromatic N) is 2. The molecule has 5 heteroatoms. The summed E-state index contributed by atoms with van der Waals surface area (Å²) in [6.07, 6.45) is 8.58. The fourth-order valence-corrected chi connectivity index (χ4v) is 4.35. The number of carbonyl (C=O) groups is 1. The van der Waals surface area contributed by atoms with Gasteiger partial charge in [-0.25, -0.2) is 9.78 Å². The maximum Gasteiger partial charge on any atom is 0.356 e. The zero-order valence-corrected chi connectivity index (χ0v) is 17.7. The van der Waals surface area contributed by atoms with Crippen LogP contribution in [-0.2, 0) is 22.6 Å². The van der Waals surface area contributed by atoms with E-state index in [0.717, 1.165) is 11.0 Å². The molecule has 0 aliphatic heterocycles. The third-order valence-electron chi connectivity index (χ3n) is 5.87. The van der Waals surface area contributed by atoms with Gasteiger partial charge in [-0.15, -0.1) is 0 Å². The Morgan fingerprint density at radius 3 is 2.67 bits per heavy atom. The molecule has 158 valence electrons. The number of aromatic nitrogens is 2. The molecular formula is C25H30N2O3. The minimum Gasteiger partial charge on any atom is -0.461 e. The van der Waals surface area contributed by atoms with E-state index in [4.69, 9.17) is 9.47 Å². The second-order valence-corrected chi connectivity index (χ2v) is 7.94. The molecule has 0 bridgehead atoms. The predicted octanol–water partition coefficient (Wildman–Crippen LogP) is 5.48. The standard InChI is InChI=1S/C25H30N2O3/c1-2-30-25(28)23-14-13-21-22(20-11-7-4-8-12-20)17-27(24(21)26-23)15-16-29-18-19-9-5-3-6-10-19/h3,5-6,9-10,13-14,17,20H,2,4,7-8,11-12,15-16,18H2,1H3. The molecule has 0 radical (unpaired) electrons. The van der Waals surface area contributed by atoms with Crippen molar-refractivity contribution in [1.82, 2.24) is 9.55 Å². The number of hydrogen-bond acceptors (Lipinski definition) is 4. The minimum absolute atomic E-state index is 0.347. The fraction of sp³-hybridized carbons (Fsp3) is 0.440. The van der Waals surface area contributed by atoms with Crippen LogP contribution < -0.4 is 0 Å². The summed E-state index contributed by atoms with van der Waals surface area (Å²) in [4.78, 5) is 16.9. The molecule has 0 amide bonds. The molecule has 2 aromatic heterocycles. The van der Waals surface area contributed by atoms with Gasteiger partial charge in [-0.2, -0.15) is 0 Å². The Bertz CT molecular complexity index is 975. The van der Waals surface area contributed by atoms with E-state index in [9.17, 15) is 4.79 Å². The number of fused-ring (bicyclic) bond motifs is 1. The summed E-state index contributed by atoms with van der Waals surface area (Å²) in [5, 5.41) is 1.15. The maximum absolute atomic E-state index is 12.2. The molecule has 30 heavy (non-hydrogen) atoms. The number of ether oxygens (including phenoxy) is 2. The summed E-state index contributed by atoms with van der Waals surface area (Å²) < 4.78 is 13.2. The molecule has 0 saturated heterocycles. The van der Waals surface area contributed by atoms with E-state index in [0.29, 0.717) is 38.0 Å². The van der Waals surface area contributed by atoms with Crippen molar-refractivity contribution in [3.05, 3.63) is 65.5 Å². The van der Waals surface area contributed by atoms with Crippen LogP contribution in [0.2, 0.25) is 0 Å². The minimum atomic E-state index is -0.369. The number of rotatable bonds is 8. The molecule has 2 heterocycles. The molecule has 0 atom stereocenters. The molecule has 1 fully saturated rings. The molecule has 1 aromatic carbocycles. The van der Waals surface area contributed by atoms with Crippen molar-refractivity contribution >= 4 is 17.0 Å². The first kappa shape index (κ1) is 20.6. The lowest BCUT2D eigenvalue weighted by atomic mass is 9.84. The average Bonchev–Trinajstić information content (AvgIpc) is 3.16. The van der Waals surface area contributed by atoms with Crippen molar-refractivity contribution in [2.24, 2.45) is 0 Å². The molecule has 1 aliphatic rings. The van der Waals surface area contributed by atoms with Crippen LogP contribution in [0, 0.1) is 0 Å². The van der Waals surface area contributed by atoms with Gasteiger partial charge in [0.25, 0.3) is 0 Å². The van der Waals surface area contributed by atoms with E-state index in [-0.39, 0.29) is 5.97 Å². The van der Waals surface area contributed by atoms with Crippen LogP contribution in [0.3, 0.4) is 0 Å². The quantitative estimate of drug-likeness (QED) is 0.367. The van der Waals surface area contributed by atoms with E-state index in [1.165, 1.54) is 43.2 Å². The third-order valence-corrected chi connectivity index (χ3v) is 5.87. The summed E-state index contributed by atoms with van der Waals surface area (Å²) in [5.41, 5.74) is 3.74. The molecule has 1 saturated carbocycles. The van der Waals surface area contributed by atoms with E-state index in [2.05, 4.69) is 27.9 Å². The number of benzene rings is 1. The van der Waals surface area contributed by atoms with Crippen molar-refractivity contribution < 1.29 is 14.3 Å². The molecular weight excluding hydrogens is 376 g/mol. The highest BCUT2D eigenvalue weighted by Crippen LogP contribution is 2.37.